The molecule has 1 amide bonds. The molecule has 6 nitrogen and oxygen atoms in total. The third-order valence-electron chi connectivity index (χ3n) is 5.61. The summed E-state index contributed by atoms with van der Waals surface area (Å²) < 4.78 is 37.8. The van der Waals surface area contributed by atoms with Gasteiger partial charge in [0.25, 0.3) is 0 Å². The van der Waals surface area contributed by atoms with Gasteiger partial charge in [-0.25, -0.2) is 4.79 Å². The van der Waals surface area contributed by atoms with Gasteiger partial charge in [-0.2, -0.15) is 13.2 Å². The van der Waals surface area contributed by atoms with Crippen molar-refractivity contribution in [3.05, 3.63) is 71.3 Å². The minimum Gasteiger partial charge on any atom is -0.475 e. The van der Waals surface area contributed by atoms with Gasteiger partial charge in [0.2, 0.25) is 5.91 Å². The van der Waals surface area contributed by atoms with Crippen molar-refractivity contribution >= 4 is 11.9 Å². The van der Waals surface area contributed by atoms with Gasteiger partial charge in [0.15, 0.2) is 0 Å². The van der Waals surface area contributed by atoms with E-state index in [1.807, 2.05) is 30.3 Å². The Bertz CT molecular complexity index is 952. The Hall–Kier alpha value is -2.91. The maximum Gasteiger partial charge on any atom is 0.490 e. The number of alkyl halides is 3. The van der Waals surface area contributed by atoms with Gasteiger partial charge in [-0.1, -0.05) is 60.2 Å². The van der Waals surface area contributed by atoms with Crippen LogP contribution in [0.1, 0.15) is 23.1 Å². The molecule has 0 radical (unpaired) electrons. The summed E-state index contributed by atoms with van der Waals surface area (Å²) in [7, 11) is 0. The molecule has 2 aromatic carbocycles. The predicted molar refractivity (Wildman–Crippen MR) is 115 cm³/mol. The zero-order valence-corrected chi connectivity index (χ0v) is 18.2. The van der Waals surface area contributed by atoms with Gasteiger partial charge in [-0.3, -0.25) is 9.69 Å². The summed E-state index contributed by atoms with van der Waals surface area (Å²) in [4.78, 5) is 24.0. The molecule has 9 heteroatoms. The predicted octanol–water partition coefficient (Wildman–Crippen LogP) is 3.53. The van der Waals surface area contributed by atoms with Crippen molar-refractivity contribution in [1.29, 1.82) is 0 Å². The fourth-order valence-corrected chi connectivity index (χ4v) is 4.13. The molecule has 2 aromatic rings. The molecule has 3 atom stereocenters. The molecule has 2 heterocycles. The Morgan fingerprint density at radius 2 is 1.76 bits per heavy atom. The summed E-state index contributed by atoms with van der Waals surface area (Å²) >= 11 is 0. The lowest BCUT2D eigenvalue weighted by atomic mass is 9.99. The molecule has 33 heavy (non-hydrogen) atoms. The lowest BCUT2D eigenvalue weighted by Crippen LogP contribution is -2.44. The molecule has 2 bridgehead atoms. The number of hydrogen-bond donors (Lipinski definition) is 2. The summed E-state index contributed by atoms with van der Waals surface area (Å²) in [6.07, 6.45) is -4.07. The van der Waals surface area contributed by atoms with Gasteiger partial charge in [0.1, 0.15) is 0 Å². The smallest absolute Gasteiger partial charge is 0.475 e. The molecule has 0 spiro atoms. The molecular formula is C24H27F3N2O4. The average molecular weight is 464 g/mol. The van der Waals surface area contributed by atoms with Crippen LogP contribution < -0.4 is 5.32 Å². The fraction of sp³-hybridized carbons (Fsp3) is 0.417. The normalized spacial score (nSPS) is 22.2. The monoisotopic (exact) mass is 464 g/mol. The first-order valence-corrected chi connectivity index (χ1v) is 10.7. The highest BCUT2D eigenvalue weighted by Crippen LogP contribution is 2.32. The van der Waals surface area contributed by atoms with Crippen molar-refractivity contribution in [2.75, 3.05) is 13.1 Å². The van der Waals surface area contributed by atoms with Crippen LogP contribution in [0.5, 0.6) is 0 Å². The number of halogens is 3. The van der Waals surface area contributed by atoms with Crippen molar-refractivity contribution in [3.8, 4) is 0 Å². The molecule has 0 aliphatic carbocycles. The first-order valence-electron chi connectivity index (χ1n) is 10.7. The topological polar surface area (TPSA) is 78.9 Å². The van der Waals surface area contributed by atoms with Crippen molar-refractivity contribution in [1.82, 2.24) is 10.2 Å². The van der Waals surface area contributed by atoms with Crippen LogP contribution in [0.4, 0.5) is 13.2 Å². The Kier molecular flexibility index (Phi) is 8.10. The highest BCUT2D eigenvalue weighted by Gasteiger charge is 2.44. The fourth-order valence-electron chi connectivity index (χ4n) is 4.13. The molecule has 0 aromatic heterocycles. The number of rotatable bonds is 5. The number of hydrogen-bond acceptors (Lipinski definition) is 4. The second kappa shape index (κ2) is 10.8. The molecule has 2 aliphatic rings. The number of nitrogens with one attached hydrogen (secondary N) is 1. The van der Waals surface area contributed by atoms with Gasteiger partial charge >= 0.3 is 12.1 Å². The molecule has 2 N–H and O–H groups in total. The number of morpholine rings is 1. The van der Waals surface area contributed by atoms with Crippen molar-refractivity contribution in [2.45, 2.75) is 44.8 Å². The minimum absolute atomic E-state index is 0.00864. The Morgan fingerprint density at radius 1 is 1.09 bits per heavy atom. The van der Waals surface area contributed by atoms with Crippen LogP contribution in [0.3, 0.4) is 0 Å². The number of amides is 1. The summed E-state index contributed by atoms with van der Waals surface area (Å²) in [5.41, 5.74) is 3.75. The molecule has 2 aliphatic heterocycles. The number of benzene rings is 2. The van der Waals surface area contributed by atoms with E-state index in [9.17, 15) is 18.0 Å². The van der Waals surface area contributed by atoms with E-state index in [2.05, 4.69) is 41.4 Å². The number of aryl methyl sites for hydroxylation is 1. The van der Waals surface area contributed by atoms with E-state index in [1.165, 1.54) is 11.1 Å². The third kappa shape index (κ3) is 7.30. The molecule has 4 rings (SSSR count). The number of fused-ring (bicyclic) bond motifs is 2. The van der Waals surface area contributed by atoms with E-state index in [1.54, 1.807) is 0 Å². The quantitative estimate of drug-likeness (QED) is 0.708. The number of carboxylic acid groups (broad SMARTS) is 1. The Morgan fingerprint density at radius 3 is 2.39 bits per heavy atom. The largest absolute Gasteiger partial charge is 0.490 e. The number of nitrogens with zero attached hydrogens (tertiary/aromatic N) is 1. The van der Waals surface area contributed by atoms with Crippen LogP contribution in [0.25, 0.3) is 0 Å². The number of carbonyl (C=O) groups excluding carboxylic acids is 1. The number of aliphatic carboxylic acids is 1. The van der Waals surface area contributed by atoms with E-state index in [4.69, 9.17) is 14.6 Å². The summed E-state index contributed by atoms with van der Waals surface area (Å²) in [5, 5.41) is 10.2. The number of ether oxygens (including phenoxy) is 1. The number of carbonyl (C=O) groups is 2. The maximum atomic E-state index is 12.7. The van der Waals surface area contributed by atoms with E-state index < -0.39 is 12.1 Å². The third-order valence-corrected chi connectivity index (χ3v) is 5.61. The molecule has 2 saturated heterocycles. The van der Waals surface area contributed by atoms with Crippen LogP contribution in [-0.4, -0.2) is 53.4 Å². The van der Waals surface area contributed by atoms with E-state index in [0.29, 0.717) is 6.54 Å². The lowest BCUT2D eigenvalue weighted by molar-refractivity contribution is -0.192. The number of carboxylic acids is 1. The van der Waals surface area contributed by atoms with Crippen molar-refractivity contribution < 1.29 is 32.6 Å². The Labute approximate surface area is 190 Å². The number of likely N-dealkylation sites (tertiary alicyclic amines) is 1. The summed E-state index contributed by atoms with van der Waals surface area (Å²) in [5.74, 6) is -2.67. The average Bonchev–Trinajstić information content (AvgIpc) is 3.06. The molecule has 2 fully saturated rings. The second-order valence-corrected chi connectivity index (χ2v) is 8.33. The van der Waals surface area contributed by atoms with Crippen LogP contribution in [0.15, 0.2) is 54.6 Å². The van der Waals surface area contributed by atoms with Crippen molar-refractivity contribution in [2.24, 2.45) is 5.92 Å². The lowest BCUT2D eigenvalue weighted by Gasteiger charge is -2.32. The van der Waals surface area contributed by atoms with Gasteiger partial charge in [-0.15, -0.1) is 0 Å². The van der Waals surface area contributed by atoms with Crippen LogP contribution in [-0.2, 0) is 27.4 Å². The summed E-state index contributed by atoms with van der Waals surface area (Å²) in [6, 6.07) is 18.7. The second-order valence-electron chi connectivity index (χ2n) is 8.33. The van der Waals surface area contributed by atoms with E-state index >= 15 is 0 Å². The molecular weight excluding hydrogens is 437 g/mol. The Balaban J connectivity index is 0.000000383. The summed E-state index contributed by atoms with van der Waals surface area (Å²) in [6.45, 7) is 5.37. The van der Waals surface area contributed by atoms with E-state index in [-0.39, 0.29) is 24.0 Å². The zero-order chi connectivity index (χ0) is 24.0. The van der Waals surface area contributed by atoms with Crippen LogP contribution in [0.2, 0.25) is 0 Å². The van der Waals surface area contributed by atoms with Crippen molar-refractivity contribution in [3.63, 3.8) is 0 Å². The standard InChI is InChI=1S/C22H26N2O2.C2HF3O2/c1-16-6-5-9-18(10-16)13-24-14-19-11-20(21(15-24)26-19)22(25)23-12-17-7-3-2-4-8-17;3-2(4,5)1(6)7/h2-10,19-21H,11-15H2,1H3,(H,23,25);(H,6,7). The van der Waals surface area contributed by atoms with Gasteiger partial charge in [0.05, 0.1) is 18.1 Å². The first kappa shape index (κ1) is 24.7. The van der Waals surface area contributed by atoms with Gasteiger partial charge < -0.3 is 15.2 Å². The zero-order valence-electron chi connectivity index (χ0n) is 18.2. The molecule has 178 valence electrons. The molecule has 0 saturated carbocycles. The maximum absolute atomic E-state index is 12.7. The van der Waals surface area contributed by atoms with E-state index in [0.717, 1.165) is 31.6 Å². The van der Waals surface area contributed by atoms with Crippen LogP contribution >= 0.6 is 0 Å². The van der Waals surface area contributed by atoms with Gasteiger partial charge in [-0.05, 0) is 24.5 Å². The SMILES string of the molecule is Cc1cccc(CN2CC3CC(C(=O)NCc4ccccc4)C(C2)O3)c1.O=C(O)C(F)(F)F. The highest BCUT2D eigenvalue weighted by molar-refractivity contribution is 5.79. The first-order chi connectivity index (χ1) is 15.6. The highest BCUT2D eigenvalue weighted by atomic mass is 19.4. The van der Waals surface area contributed by atoms with Gasteiger partial charge in [0, 0.05) is 26.2 Å². The molecule has 3 unspecified atom stereocenters. The minimum atomic E-state index is -5.08. The van der Waals surface area contributed by atoms with Crippen LogP contribution in [0, 0.1) is 12.8 Å².